The number of anilines is 3. The zero-order valence-electron chi connectivity index (χ0n) is 15.1. The number of hydrogen-bond acceptors (Lipinski definition) is 7. The van der Waals surface area contributed by atoms with Crippen molar-refractivity contribution in [2.24, 2.45) is 0 Å². The smallest absolute Gasteiger partial charge is 0.262 e. The number of fused-ring (bicyclic) bond motifs is 1. The van der Waals surface area contributed by atoms with Crippen molar-refractivity contribution in [1.29, 1.82) is 0 Å². The third-order valence-electron chi connectivity index (χ3n) is 4.92. The molecule has 2 atom stereocenters. The Kier molecular flexibility index (Phi) is 4.72. The van der Waals surface area contributed by atoms with Gasteiger partial charge in [0.05, 0.1) is 23.7 Å². The molecule has 0 saturated heterocycles. The maximum Gasteiger partial charge on any atom is 0.262 e. The highest BCUT2D eigenvalue weighted by Gasteiger charge is 2.26. The Balaban J connectivity index is 1.81. The van der Waals surface area contributed by atoms with Gasteiger partial charge in [0.25, 0.3) is 5.56 Å². The van der Waals surface area contributed by atoms with Gasteiger partial charge in [0.1, 0.15) is 17.5 Å². The average Bonchev–Trinajstić information content (AvgIpc) is 3.07. The SMILES string of the molecule is CCn1ccc2cc(Nc3cnccn3)nc(N[C@H]3CCC[C@@H]3O)c2c1=O. The minimum absolute atomic E-state index is 0.0939. The van der Waals surface area contributed by atoms with Gasteiger partial charge >= 0.3 is 0 Å². The van der Waals surface area contributed by atoms with E-state index < -0.39 is 6.10 Å². The number of rotatable bonds is 5. The Labute approximate surface area is 156 Å². The van der Waals surface area contributed by atoms with Gasteiger partial charge in [0.2, 0.25) is 0 Å². The summed E-state index contributed by atoms with van der Waals surface area (Å²) >= 11 is 0. The minimum Gasteiger partial charge on any atom is -0.391 e. The Bertz CT molecular complexity index is 1000. The standard InChI is InChI=1S/C19H22N6O2/c1-2-25-9-6-12-10-15(23-16-11-20-7-8-21-16)24-18(17(12)19(25)27)22-13-4-3-5-14(13)26/h6-11,13-14,26H,2-5H2,1H3,(H2,21,22,23,24)/t13-,14-/m0/s1. The molecule has 0 bridgehead atoms. The Morgan fingerprint density at radius 2 is 2.19 bits per heavy atom. The van der Waals surface area contributed by atoms with Gasteiger partial charge in [-0.2, -0.15) is 0 Å². The first-order valence-corrected chi connectivity index (χ1v) is 9.17. The molecule has 8 heteroatoms. The van der Waals surface area contributed by atoms with Gasteiger partial charge in [-0.3, -0.25) is 9.78 Å². The van der Waals surface area contributed by atoms with Crippen LogP contribution in [0.4, 0.5) is 17.5 Å². The van der Waals surface area contributed by atoms with E-state index in [9.17, 15) is 9.90 Å². The number of aliphatic hydroxyl groups is 1. The van der Waals surface area contributed by atoms with Crippen molar-refractivity contribution in [2.45, 2.75) is 44.9 Å². The van der Waals surface area contributed by atoms with Crippen LogP contribution in [0.15, 0.2) is 41.7 Å². The van der Waals surface area contributed by atoms with Crippen molar-refractivity contribution < 1.29 is 5.11 Å². The Hall–Kier alpha value is -3.00. The molecular weight excluding hydrogens is 344 g/mol. The van der Waals surface area contributed by atoms with E-state index in [1.54, 1.807) is 29.4 Å². The summed E-state index contributed by atoms with van der Waals surface area (Å²) in [6, 6.07) is 3.61. The average molecular weight is 366 g/mol. The van der Waals surface area contributed by atoms with Crippen molar-refractivity contribution in [3.8, 4) is 0 Å². The minimum atomic E-state index is -0.435. The van der Waals surface area contributed by atoms with E-state index in [1.165, 1.54) is 0 Å². The summed E-state index contributed by atoms with van der Waals surface area (Å²) < 4.78 is 1.65. The van der Waals surface area contributed by atoms with Gasteiger partial charge in [-0.1, -0.05) is 0 Å². The van der Waals surface area contributed by atoms with E-state index in [1.807, 2.05) is 19.1 Å². The first kappa shape index (κ1) is 17.4. The van der Waals surface area contributed by atoms with Gasteiger partial charge in [-0.25, -0.2) is 9.97 Å². The van der Waals surface area contributed by atoms with Crippen LogP contribution in [-0.2, 0) is 6.54 Å². The summed E-state index contributed by atoms with van der Waals surface area (Å²) in [5, 5.41) is 17.9. The fraction of sp³-hybridized carbons (Fsp3) is 0.368. The topological polar surface area (TPSA) is 105 Å². The Morgan fingerprint density at radius 1 is 1.30 bits per heavy atom. The highest BCUT2D eigenvalue weighted by molar-refractivity contribution is 5.93. The van der Waals surface area contributed by atoms with Crippen LogP contribution < -0.4 is 16.2 Å². The van der Waals surface area contributed by atoms with E-state index >= 15 is 0 Å². The number of aliphatic hydroxyl groups excluding tert-OH is 1. The van der Waals surface area contributed by atoms with Gasteiger partial charge in [-0.05, 0) is 43.7 Å². The number of aromatic nitrogens is 4. The first-order chi connectivity index (χ1) is 13.2. The molecule has 1 saturated carbocycles. The van der Waals surface area contributed by atoms with Crippen LogP contribution in [0, 0.1) is 0 Å². The van der Waals surface area contributed by atoms with E-state index in [0.717, 1.165) is 24.6 Å². The lowest BCUT2D eigenvalue weighted by Crippen LogP contribution is -2.30. The molecule has 0 aromatic carbocycles. The number of aryl methyl sites for hydroxylation is 1. The molecule has 3 heterocycles. The first-order valence-electron chi connectivity index (χ1n) is 9.17. The fourth-order valence-corrected chi connectivity index (χ4v) is 3.50. The molecule has 27 heavy (non-hydrogen) atoms. The Morgan fingerprint density at radius 3 is 2.89 bits per heavy atom. The number of hydrogen-bond donors (Lipinski definition) is 3. The molecule has 0 radical (unpaired) electrons. The number of nitrogens with one attached hydrogen (secondary N) is 2. The molecule has 0 amide bonds. The van der Waals surface area contributed by atoms with E-state index in [2.05, 4.69) is 25.6 Å². The molecule has 3 N–H and O–H groups in total. The van der Waals surface area contributed by atoms with Gasteiger partial charge in [0, 0.05) is 25.1 Å². The summed E-state index contributed by atoms with van der Waals surface area (Å²) in [6.45, 7) is 2.51. The number of nitrogens with zero attached hydrogens (tertiary/aromatic N) is 4. The molecule has 4 rings (SSSR count). The van der Waals surface area contributed by atoms with Crippen LogP contribution >= 0.6 is 0 Å². The van der Waals surface area contributed by atoms with Crippen LogP contribution in [0.5, 0.6) is 0 Å². The monoisotopic (exact) mass is 366 g/mol. The molecule has 1 aliphatic rings. The molecule has 1 aliphatic carbocycles. The van der Waals surface area contributed by atoms with Crippen molar-refractivity contribution >= 4 is 28.2 Å². The third kappa shape index (κ3) is 3.48. The lowest BCUT2D eigenvalue weighted by Gasteiger charge is -2.19. The van der Waals surface area contributed by atoms with E-state index in [-0.39, 0.29) is 11.6 Å². The molecule has 3 aromatic rings. The molecular formula is C19H22N6O2. The largest absolute Gasteiger partial charge is 0.391 e. The lowest BCUT2D eigenvalue weighted by atomic mass is 10.1. The zero-order valence-corrected chi connectivity index (χ0v) is 15.1. The summed E-state index contributed by atoms with van der Waals surface area (Å²) in [6.07, 6.45) is 8.70. The van der Waals surface area contributed by atoms with Crippen LogP contribution in [0.3, 0.4) is 0 Å². The summed E-state index contributed by atoms with van der Waals surface area (Å²) in [5.74, 6) is 1.61. The van der Waals surface area contributed by atoms with Crippen molar-refractivity contribution in [1.82, 2.24) is 19.5 Å². The molecule has 1 fully saturated rings. The maximum absolute atomic E-state index is 12.9. The second kappa shape index (κ2) is 7.32. The molecule has 8 nitrogen and oxygen atoms in total. The predicted octanol–water partition coefficient (Wildman–Crippen LogP) is 2.28. The van der Waals surface area contributed by atoms with Gasteiger partial charge in [-0.15, -0.1) is 0 Å². The van der Waals surface area contributed by atoms with Crippen LogP contribution in [0.25, 0.3) is 10.8 Å². The fourth-order valence-electron chi connectivity index (χ4n) is 3.50. The lowest BCUT2D eigenvalue weighted by molar-refractivity contribution is 0.171. The second-order valence-corrected chi connectivity index (χ2v) is 6.69. The van der Waals surface area contributed by atoms with Crippen molar-refractivity contribution in [3.05, 3.63) is 47.3 Å². The predicted molar refractivity (Wildman–Crippen MR) is 104 cm³/mol. The zero-order chi connectivity index (χ0) is 18.8. The second-order valence-electron chi connectivity index (χ2n) is 6.69. The molecule has 0 unspecified atom stereocenters. The van der Waals surface area contributed by atoms with Gasteiger partial charge in [0.15, 0.2) is 0 Å². The van der Waals surface area contributed by atoms with Crippen molar-refractivity contribution in [2.75, 3.05) is 10.6 Å². The summed E-state index contributed by atoms with van der Waals surface area (Å²) in [4.78, 5) is 25.7. The number of pyridine rings is 2. The summed E-state index contributed by atoms with van der Waals surface area (Å²) in [5.41, 5.74) is -0.0939. The quantitative estimate of drug-likeness (QED) is 0.636. The molecule has 0 aliphatic heterocycles. The van der Waals surface area contributed by atoms with Crippen LogP contribution in [0.1, 0.15) is 26.2 Å². The van der Waals surface area contributed by atoms with Crippen molar-refractivity contribution in [3.63, 3.8) is 0 Å². The van der Waals surface area contributed by atoms with Crippen LogP contribution in [-0.4, -0.2) is 36.8 Å². The molecule has 0 spiro atoms. The van der Waals surface area contributed by atoms with Crippen LogP contribution in [0.2, 0.25) is 0 Å². The molecule has 140 valence electrons. The van der Waals surface area contributed by atoms with E-state index in [0.29, 0.717) is 29.4 Å². The van der Waals surface area contributed by atoms with E-state index in [4.69, 9.17) is 0 Å². The summed E-state index contributed by atoms with van der Waals surface area (Å²) in [7, 11) is 0. The third-order valence-corrected chi connectivity index (χ3v) is 4.92. The maximum atomic E-state index is 12.9. The molecule has 3 aromatic heterocycles. The highest BCUT2D eigenvalue weighted by Crippen LogP contribution is 2.28. The normalized spacial score (nSPS) is 19.3. The van der Waals surface area contributed by atoms with Gasteiger partial charge < -0.3 is 20.3 Å². The highest BCUT2D eigenvalue weighted by atomic mass is 16.3.